The van der Waals surface area contributed by atoms with Gasteiger partial charge in [-0.3, -0.25) is 9.52 Å². The van der Waals surface area contributed by atoms with Crippen LogP contribution in [0.15, 0.2) is 71.6 Å². The lowest BCUT2D eigenvalue weighted by Gasteiger charge is -2.10. The SMILES string of the molecule is O=C(Nc1cc(F)cc(F)c1)c1cccc(S(=O)(=O)Nc2ccc(Cl)cc2)c1. The van der Waals surface area contributed by atoms with Gasteiger partial charge in [0.1, 0.15) is 11.6 Å². The minimum Gasteiger partial charge on any atom is -0.322 e. The Morgan fingerprint density at radius 1 is 0.857 bits per heavy atom. The fourth-order valence-corrected chi connectivity index (χ4v) is 3.60. The maximum Gasteiger partial charge on any atom is 0.261 e. The molecule has 0 aromatic heterocycles. The number of sulfonamides is 1. The van der Waals surface area contributed by atoms with Crippen LogP contribution in [0.25, 0.3) is 0 Å². The second-order valence-corrected chi connectivity index (χ2v) is 7.87. The second-order valence-electron chi connectivity index (χ2n) is 5.75. The standard InChI is InChI=1S/C19H13ClF2N2O3S/c20-13-4-6-16(7-5-13)24-28(26,27)18-3-1-2-12(8-18)19(25)23-17-10-14(21)9-15(22)11-17/h1-11,24H,(H,23,25). The third-order valence-corrected chi connectivity index (χ3v) is 5.25. The molecule has 9 heteroatoms. The maximum atomic E-state index is 13.2. The summed E-state index contributed by atoms with van der Waals surface area (Å²) >= 11 is 5.77. The first kappa shape index (κ1) is 19.8. The topological polar surface area (TPSA) is 75.3 Å². The molecular weight excluding hydrogens is 410 g/mol. The molecule has 2 N–H and O–H groups in total. The quantitative estimate of drug-likeness (QED) is 0.627. The van der Waals surface area contributed by atoms with Crippen LogP contribution in [-0.2, 0) is 10.0 Å². The van der Waals surface area contributed by atoms with Crippen LogP contribution in [0.5, 0.6) is 0 Å². The van der Waals surface area contributed by atoms with E-state index in [1.165, 1.54) is 42.5 Å². The van der Waals surface area contributed by atoms with Crippen molar-refractivity contribution in [2.75, 3.05) is 10.0 Å². The van der Waals surface area contributed by atoms with Gasteiger partial charge in [0.2, 0.25) is 0 Å². The van der Waals surface area contributed by atoms with E-state index in [0.29, 0.717) is 16.8 Å². The monoisotopic (exact) mass is 422 g/mol. The normalized spacial score (nSPS) is 11.1. The van der Waals surface area contributed by atoms with Gasteiger partial charge in [0.25, 0.3) is 15.9 Å². The van der Waals surface area contributed by atoms with Crippen LogP contribution in [0.4, 0.5) is 20.2 Å². The van der Waals surface area contributed by atoms with E-state index in [2.05, 4.69) is 10.0 Å². The molecule has 0 spiro atoms. The molecule has 5 nitrogen and oxygen atoms in total. The van der Waals surface area contributed by atoms with Gasteiger partial charge in [-0.25, -0.2) is 17.2 Å². The minimum absolute atomic E-state index is 0.00338. The van der Waals surface area contributed by atoms with Crippen molar-refractivity contribution < 1.29 is 22.0 Å². The van der Waals surface area contributed by atoms with Gasteiger partial charge in [0, 0.05) is 28.0 Å². The third kappa shape index (κ3) is 4.85. The van der Waals surface area contributed by atoms with Crippen LogP contribution < -0.4 is 10.0 Å². The van der Waals surface area contributed by atoms with E-state index in [4.69, 9.17) is 11.6 Å². The first-order chi connectivity index (χ1) is 13.2. The average molecular weight is 423 g/mol. The molecule has 0 bridgehead atoms. The van der Waals surface area contributed by atoms with Crippen molar-refractivity contribution >= 4 is 38.9 Å². The Morgan fingerprint density at radius 3 is 2.14 bits per heavy atom. The maximum absolute atomic E-state index is 13.2. The van der Waals surface area contributed by atoms with Crippen LogP contribution in [-0.4, -0.2) is 14.3 Å². The predicted molar refractivity (Wildman–Crippen MR) is 103 cm³/mol. The first-order valence-corrected chi connectivity index (χ1v) is 9.75. The van der Waals surface area contributed by atoms with Crippen LogP contribution in [0.1, 0.15) is 10.4 Å². The van der Waals surface area contributed by atoms with E-state index < -0.39 is 27.6 Å². The third-order valence-electron chi connectivity index (χ3n) is 3.62. The van der Waals surface area contributed by atoms with Gasteiger partial charge in [0.05, 0.1) is 4.90 Å². The van der Waals surface area contributed by atoms with E-state index in [0.717, 1.165) is 18.2 Å². The fourth-order valence-electron chi connectivity index (χ4n) is 2.37. The molecule has 0 unspecified atom stereocenters. The zero-order valence-electron chi connectivity index (χ0n) is 14.1. The number of nitrogens with one attached hydrogen (secondary N) is 2. The summed E-state index contributed by atoms with van der Waals surface area (Å²) in [6.45, 7) is 0. The molecule has 0 saturated heterocycles. The molecule has 0 aliphatic heterocycles. The fraction of sp³-hybridized carbons (Fsp3) is 0. The number of carbonyl (C=O) groups excluding carboxylic acids is 1. The van der Waals surface area contributed by atoms with Crippen molar-refractivity contribution in [3.63, 3.8) is 0 Å². The number of halogens is 3. The molecule has 3 aromatic carbocycles. The molecule has 3 aromatic rings. The summed E-state index contributed by atoms with van der Waals surface area (Å²) in [6, 6.07) is 13.9. The molecule has 0 aliphatic carbocycles. The second kappa shape index (κ2) is 7.95. The number of anilines is 2. The van der Waals surface area contributed by atoms with Crippen molar-refractivity contribution in [2.24, 2.45) is 0 Å². The summed E-state index contributed by atoms with van der Waals surface area (Å²) in [4.78, 5) is 12.2. The molecule has 3 rings (SSSR count). The van der Waals surface area contributed by atoms with Crippen LogP contribution >= 0.6 is 11.6 Å². The highest BCUT2D eigenvalue weighted by atomic mass is 35.5. The molecule has 144 valence electrons. The Kier molecular flexibility index (Phi) is 5.62. The van der Waals surface area contributed by atoms with Gasteiger partial charge in [-0.15, -0.1) is 0 Å². The summed E-state index contributed by atoms with van der Waals surface area (Å²) in [5.41, 5.74) is 0.216. The van der Waals surface area contributed by atoms with E-state index in [1.807, 2.05) is 0 Å². The lowest BCUT2D eigenvalue weighted by molar-refractivity contribution is 0.102. The number of amides is 1. The molecule has 1 amide bonds. The van der Waals surface area contributed by atoms with Gasteiger partial charge < -0.3 is 5.32 Å². The lowest BCUT2D eigenvalue weighted by Crippen LogP contribution is -2.16. The minimum atomic E-state index is -3.96. The first-order valence-electron chi connectivity index (χ1n) is 7.89. The zero-order chi connectivity index (χ0) is 20.3. The Bertz CT molecular complexity index is 1120. The van der Waals surface area contributed by atoms with Gasteiger partial charge >= 0.3 is 0 Å². The summed E-state index contributed by atoms with van der Waals surface area (Å²) < 4.78 is 53.9. The Balaban J connectivity index is 1.82. The largest absolute Gasteiger partial charge is 0.322 e. The highest BCUT2D eigenvalue weighted by Gasteiger charge is 2.17. The number of hydrogen-bond donors (Lipinski definition) is 2. The molecule has 0 saturated carbocycles. The smallest absolute Gasteiger partial charge is 0.261 e. The van der Waals surface area contributed by atoms with Gasteiger partial charge in [0.15, 0.2) is 0 Å². The summed E-state index contributed by atoms with van der Waals surface area (Å²) in [7, 11) is -3.96. The summed E-state index contributed by atoms with van der Waals surface area (Å²) in [6.07, 6.45) is 0. The van der Waals surface area contributed by atoms with E-state index in [-0.39, 0.29) is 16.1 Å². The van der Waals surface area contributed by atoms with Crippen LogP contribution in [0.2, 0.25) is 5.02 Å². The Hall–Kier alpha value is -2.97. The van der Waals surface area contributed by atoms with E-state index in [9.17, 15) is 22.0 Å². The number of benzene rings is 3. The van der Waals surface area contributed by atoms with E-state index in [1.54, 1.807) is 0 Å². The number of carbonyl (C=O) groups is 1. The molecule has 0 radical (unpaired) electrons. The van der Waals surface area contributed by atoms with Crippen LogP contribution in [0.3, 0.4) is 0 Å². The summed E-state index contributed by atoms with van der Waals surface area (Å²) in [5.74, 6) is -2.41. The number of hydrogen-bond acceptors (Lipinski definition) is 3. The molecule has 0 atom stereocenters. The van der Waals surface area contributed by atoms with Gasteiger partial charge in [-0.05, 0) is 54.6 Å². The predicted octanol–water partition coefficient (Wildman–Crippen LogP) is 4.67. The van der Waals surface area contributed by atoms with Crippen molar-refractivity contribution in [1.82, 2.24) is 0 Å². The molecular formula is C19H13ClF2N2O3S. The lowest BCUT2D eigenvalue weighted by atomic mass is 10.2. The molecule has 0 aliphatic rings. The highest BCUT2D eigenvalue weighted by molar-refractivity contribution is 7.92. The van der Waals surface area contributed by atoms with Crippen molar-refractivity contribution in [3.8, 4) is 0 Å². The molecule has 0 heterocycles. The van der Waals surface area contributed by atoms with Crippen molar-refractivity contribution in [3.05, 3.63) is 89.0 Å². The van der Waals surface area contributed by atoms with Gasteiger partial charge in [-0.1, -0.05) is 17.7 Å². The highest BCUT2D eigenvalue weighted by Crippen LogP contribution is 2.20. The molecule has 0 fully saturated rings. The summed E-state index contributed by atoms with van der Waals surface area (Å²) in [5, 5.41) is 2.78. The Labute approximate surface area is 165 Å². The number of rotatable bonds is 5. The van der Waals surface area contributed by atoms with Crippen molar-refractivity contribution in [1.29, 1.82) is 0 Å². The van der Waals surface area contributed by atoms with Crippen molar-refractivity contribution in [2.45, 2.75) is 4.90 Å². The van der Waals surface area contributed by atoms with Gasteiger partial charge in [-0.2, -0.15) is 0 Å². The Morgan fingerprint density at radius 2 is 1.50 bits per heavy atom. The average Bonchev–Trinajstić information content (AvgIpc) is 2.63. The molecule has 28 heavy (non-hydrogen) atoms. The van der Waals surface area contributed by atoms with Crippen LogP contribution in [0, 0.1) is 11.6 Å². The van der Waals surface area contributed by atoms with E-state index >= 15 is 0 Å². The zero-order valence-corrected chi connectivity index (χ0v) is 15.7.